The van der Waals surface area contributed by atoms with Crippen LogP contribution in [0.2, 0.25) is 0 Å². The predicted molar refractivity (Wildman–Crippen MR) is 108 cm³/mol. The van der Waals surface area contributed by atoms with Crippen molar-refractivity contribution in [3.63, 3.8) is 0 Å². The zero-order valence-corrected chi connectivity index (χ0v) is 15.9. The molecule has 0 atom stereocenters. The van der Waals surface area contributed by atoms with E-state index in [1.54, 1.807) is 42.5 Å². The van der Waals surface area contributed by atoms with Crippen LogP contribution < -0.4 is 0 Å². The third-order valence-corrected chi connectivity index (χ3v) is 6.19. The summed E-state index contributed by atoms with van der Waals surface area (Å²) >= 11 is 0. The second-order valence-corrected chi connectivity index (χ2v) is 8.03. The molecule has 0 aliphatic carbocycles. The van der Waals surface area contributed by atoms with Crippen LogP contribution in [0.4, 0.5) is 11.4 Å². The van der Waals surface area contributed by atoms with E-state index in [1.807, 2.05) is 0 Å². The fraction of sp³-hybridized carbons (Fsp3) is 0. The van der Waals surface area contributed by atoms with E-state index < -0.39 is 31.2 Å². The Morgan fingerprint density at radius 3 is 2.20 bits per heavy atom. The normalized spacial score (nSPS) is 11.5. The SMILES string of the molecule is O=[N+]([O-])c1cnc(-c2cc3ccccc3n2S(=O)(=O)c2ccccc2)c([N+](=O)[O-])c1. The number of fused-ring (bicyclic) bond motifs is 1. The lowest BCUT2D eigenvalue weighted by molar-refractivity contribution is -0.394. The Morgan fingerprint density at radius 2 is 1.53 bits per heavy atom. The first-order valence-corrected chi connectivity index (χ1v) is 9.95. The molecule has 0 aliphatic heterocycles. The van der Waals surface area contributed by atoms with E-state index in [2.05, 4.69) is 4.98 Å². The highest BCUT2D eigenvalue weighted by atomic mass is 32.2. The summed E-state index contributed by atoms with van der Waals surface area (Å²) < 4.78 is 27.8. The van der Waals surface area contributed by atoms with Gasteiger partial charge in [-0.25, -0.2) is 17.4 Å². The highest BCUT2D eigenvalue weighted by Gasteiger charge is 2.30. The van der Waals surface area contributed by atoms with Crippen LogP contribution in [0.3, 0.4) is 0 Å². The second-order valence-electron chi connectivity index (χ2n) is 6.25. The van der Waals surface area contributed by atoms with Gasteiger partial charge in [-0.05, 0) is 24.3 Å². The summed E-state index contributed by atoms with van der Waals surface area (Å²) in [6.07, 6.45) is 0.861. The van der Waals surface area contributed by atoms with Crippen molar-refractivity contribution in [3.8, 4) is 11.4 Å². The number of nitro groups is 2. The summed E-state index contributed by atoms with van der Waals surface area (Å²) in [5.41, 5.74) is -1.30. The van der Waals surface area contributed by atoms with Gasteiger partial charge >= 0.3 is 5.69 Å². The molecular weight excluding hydrogens is 412 g/mol. The van der Waals surface area contributed by atoms with Crippen molar-refractivity contribution in [2.24, 2.45) is 0 Å². The van der Waals surface area contributed by atoms with E-state index in [1.165, 1.54) is 18.2 Å². The van der Waals surface area contributed by atoms with E-state index >= 15 is 0 Å². The molecule has 0 saturated heterocycles. The number of hydrogen-bond acceptors (Lipinski definition) is 7. The molecular formula is C19H12N4O6S. The molecule has 30 heavy (non-hydrogen) atoms. The van der Waals surface area contributed by atoms with Crippen molar-refractivity contribution in [1.29, 1.82) is 0 Å². The first kappa shape index (κ1) is 19.2. The van der Waals surface area contributed by atoms with Crippen LogP contribution in [0.5, 0.6) is 0 Å². The van der Waals surface area contributed by atoms with Crippen LogP contribution in [-0.4, -0.2) is 27.2 Å². The fourth-order valence-electron chi connectivity index (χ4n) is 3.13. The third kappa shape index (κ3) is 3.06. The molecule has 0 saturated carbocycles. The largest absolute Gasteiger partial charge is 0.303 e. The van der Waals surface area contributed by atoms with E-state index in [4.69, 9.17) is 0 Å². The number of nitrogens with zero attached hydrogens (tertiary/aromatic N) is 4. The van der Waals surface area contributed by atoms with Gasteiger partial charge in [0.2, 0.25) is 0 Å². The van der Waals surface area contributed by atoms with Gasteiger partial charge in [-0.2, -0.15) is 0 Å². The summed E-state index contributed by atoms with van der Waals surface area (Å²) in [4.78, 5) is 24.9. The van der Waals surface area contributed by atoms with Crippen molar-refractivity contribution in [3.05, 3.63) is 93.2 Å². The van der Waals surface area contributed by atoms with Gasteiger partial charge in [0.1, 0.15) is 6.20 Å². The molecule has 2 aromatic heterocycles. The number of para-hydroxylation sites is 1. The smallest absolute Gasteiger partial charge is 0.258 e. The van der Waals surface area contributed by atoms with Crippen LogP contribution in [0.1, 0.15) is 0 Å². The zero-order chi connectivity index (χ0) is 21.5. The molecule has 2 aromatic carbocycles. The second kappa shape index (κ2) is 7.04. The molecule has 0 N–H and O–H groups in total. The molecule has 0 spiro atoms. The first-order valence-electron chi connectivity index (χ1n) is 8.51. The van der Waals surface area contributed by atoms with Crippen LogP contribution >= 0.6 is 0 Å². The maximum Gasteiger partial charge on any atom is 0.303 e. The van der Waals surface area contributed by atoms with Crippen LogP contribution in [-0.2, 0) is 10.0 Å². The molecule has 4 rings (SSSR count). The number of hydrogen-bond donors (Lipinski definition) is 0. The summed E-state index contributed by atoms with van der Waals surface area (Å²) in [5.74, 6) is 0. The van der Waals surface area contributed by atoms with E-state index in [0.29, 0.717) is 10.9 Å². The molecule has 0 amide bonds. The van der Waals surface area contributed by atoms with E-state index in [9.17, 15) is 28.6 Å². The Hall–Kier alpha value is -4.12. The van der Waals surface area contributed by atoms with Gasteiger partial charge in [-0.3, -0.25) is 20.2 Å². The van der Waals surface area contributed by atoms with Crippen molar-refractivity contribution in [1.82, 2.24) is 8.96 Å². The third-order valence-electron chi connectivity index (χ3n) is 4.45. The van der Waals surface area contributed by atoms with Crippen molar-refractivity contribution >= 4 is 32.3 Å². The molecule has 150 valence electrons. The number of rotatable bonds is 5. The molecule has 4 aromatic rings. The van der Waals surface area contributed by atoms with Gasteiger partial charge < -0.3 is 0 Å². The molecule has 2 heterocycles. The number of benzene rings is 2. The Balaban J connectivity index is 2.09. The number of pyridine rings is 1. The Labute approximate surface area is 169 Å². The monoisotopic (exact) mass is 424 g/mol. The van der Waals surface area contributed by atoms with Gasteiger partial charge in [-0.15, -0.1) is 0 Å². The van der Waals surface area contributed by atoms with Crippen molar-refractivity contribution < 1.29 is 18.3 Å². The van der Waals surface area contributed by atoms with Gasteiger partial charge in [0.15, 0.2) is 5.69 Å². The average Bonchev–Trinajstić information content (AvgIpc) is 3.14. The highest BCUT2D eigenvalue weighted by Crippen LogP contribution is 2.36. The van der Waals surface area contributed by atoms with Gasteiger partial charge in [-0.1, -0.05) is 36.4 Å². The van der Waals surface area contributed by atoms with E-state index in [0.717, 1.165) is 16.2 Å². The van der Waals surface area contributed by atoms with Crippen molar-refractivity contribution in [2.75, 3.05) is 0 Å². The topological polar surface area (TPSA) is 138 Å². The fourth-order valence-corrected chi connectivity index (χ4v) is 4.67. The standard InChI is InChI=1S/C19H12N4O6S/c24-22(25)14-11-18(23(26)27)19(20-12-14)17-10-13-6-4-5-9-16(13)21(17)30(28,29)15-7-2-1-3-8-15/h1-12H. The summed E-state index contributed by atoms with van der Waals surface area (Å²) in [7, 11) is -4.15. The minimum absolute atomic E-state index is 0.0165. The number of aromatic nitrogens is 2. The minimum Gasteiger partial charge on any atom is -0.258 e. The summed E-state index contributed by atoms with van der Waals surface area (Å²) in [5, 5.41) is 23.1. The predicted octanol–water partition coefficient (Wildman–Crippen LogP) is 3.76. The Morgan fingerprint density at radius 1 is 0.867 bits per heavy atom. The maximum absolute atomic E-state index is 13.4. The van der Waals surface area contributed by atoms with Gasteiger partial charge in [0.25, 0.3) is 15.7 Å². The Bertz CT molecular complexity index is 1410. The average molecular weight is 424 g/mol. The zero-order valence-electron chi connectivity index (χ0n) is 15.1. The molecule has 0 radical (unpaired) electrons. The lowest BCUT2D eigenvalue weighted by Crippen LogP contribution is -2.14. The first-order chi connectivity index (χ1) is 14.3. The van der Waals surface area contributed by atoms with E-state index in [-0.39, 0.29) is 16.3 Å². The molecule has 11 heteroatoms. The minimum atomic E-state index is -4.15. The van der Waals surface area contributed by atoms with Gasteiger partial charge in [0.05, 0.1) is 32.0 Å². The van der Waals surface area contributed by atoms with Crippen molar-refractivity contribution in [2.45, 2.75) is 4.90 Å². The molecule has 0 unspecified atom stereocenters. The quantitative estimate of drug-likeness (QED) is 0.351. The van der Waals surface area contributed by atoms with Gasteiger partial charge in [0, 0.05) is 5.39 Å². The lowest BCUT2D eigenvalue weighted by Gasteiger charge is -2.12. The maximum atomic E-state index is 13.4. The highest BCUT2D eigenvalue weighted by molar-refractivity contribution is 7.90. The summed E-state index contributed by atoms with van der Waals surface area (Å²) in [6, 6.07) is 16.4. The molecule has 10 nitrogen and oxygen atoms in total. The Kier molecular flexibility index (Phi) is 4.51. The molecule has 0 bridgehead atoms. The van der Waals surface area contributed by atoms with Crippen LogP contribution in [0.15, 0.2) is 77.8 Å². The molecule has 0 aliphatic rings. The van der Waals surface area contributed by atoms with Crippen LogP contribution in [0, 0.1) is 20.2 Å². The lowest BCUT2D eigenvalue weighted by atomic mass is 10.2. The van der Waals surface area contributed by atoms with Crippen LogP contribution in [0.25, 0.3) is 22.3 Å². The summed E-state index contributed by atoms with van der Waals surface area (Å²) in [6.45, 7) is 0. The molecule has 0 fully saturated rings.